The van der Waals surface area contributed by atoms with Crippen LogP contribution in [-0.4, -0.2) is 52.3 Å². The largest absolute Gasteiger partial charge is 0.425 e. The molecule has 2 aromatic carbocycles. The first kappa shape index (κ1) is 33.6. The monoisotopic (exact) mass is 674 g/mol. The molecule has 9 heteroatoms. The van der Waals surface area contributed by atoms with E-state index in [4.69, 9.17) is 9.47 Å². The van der Waals surface area contributed by atoms with Crippen LogP contribution >= 0.6 is 12.6 Å². The van der Waals surface area contributed by atoms with Crippen molar-refractivity contribution in [3.8, 4) is 11.1 Å². The Balaban J connectivity index is 1.32. The van der Waals surface area contributed by atoms with E-state index in [1.165, 1.54) is 0 Å². The van der Waals surface area contributed by atoms with Crippen LogP contribution in [-0.2, 0) is 9.47 Å². The number of benzene rings is 2. The SMILES string of the molecule is CC1(C)COC2(CCC3=C4C(c5ccc(-c6ccc(S)cc6)cc5)CC5(C)C(CC[C@@]5(O)C(C)(F)C(F)(F)F)C4CC[C@@]3(O)C2)OC1. The lowest BCUT2D eigenvalue weighted by Gasteiger charge is -2.59. The van der Waals surface area contributed by atoms with Crippen molar-refractivity contribution in [2.75, 3.05) is 13.2 Å². The lowest BCUT2D eigenvalue weighted by atomic mass is 9.48. The Morgan fingerprint density at radius 1 is 0.830 bits per heavy atom. The summed E-state index contributed by atoms with van der Waals surface area (Å²) in [5.74, 6) is -1.81. The zero-order valence-electron chi connectivity index (χ0n) is 27.6. The van der Waals surface area contributed by atoms with Crippen molar-refractivity contribution in [1.29, 1.82) is 0 Å². The summed E-state index contributed by atoms with van der Waals surface area (Å²) in [5, 5.41) is 24.4. The number of hydrogen-bond acceptors (Lipinski definition) is 5. The minimum absolute atomic E-state index is 0.120. The summed E-state index contributed by atoms with van der Waals surface area (Å²) in [7, 11) is 0. The Hall–Kier alpha value is -1.91. The fraction of sp³-hybridized carbons (Fsp3) is 0.632. The zero-order chi connectivity index (χ0) is 33.8. The Bertz CT molecular complexity index is 1560. The number of thiol groups is 1. The molecule has 7 atom stereocenters. The molecule has 0 bridgehead atoms. The molecular formula is C38H46F4O4S. The van der Waals surface area contributed by atoms with Gasteiger partial charge in [-0.05, 0) is 91.7 Å². The Morgan fingerprint density at radius 2 is 1.43 bits per heavy atom. The van der Waals surface area contributed by atoms with E-state index in [2.05, 4.69) is 26.5 Å². The highest BCUT2D eigenvalue weighted by atomic mass is 32.1. The third-order valence-electron chi connectivity index (χ3n) is 12.8. The number of rotatable bonds is 3. The van der Waals surface area contributed by atoms with Crippen molar-refractivity contribution in [3.63, 3.8) is 0 Å². The van der Waals surface area contributed by atoms with Gasteiger partial charge in [-0.2, -0.15) is 13.2 Å². The molecule has 1 heterocycles. The molecule has 1 saturated heterocycles. The number of ether oxygens (including phenoxy) is 2. The molecule has 3 saturated carbocycles. The van der Waals surface area contributed by atoms with Crippen molar-refractivity contribution in [2.45, 2.75) is 119 Å². The van der Waals surface area contributed by atoms with E-state index in [0.29, 0.717) is 58.7 Å². The molecule has 1 aliphatic heterocycles. The smallest absolute Gasteiger partial charge is 0.386 e. The molecule has 4 nitrogen and oxygen atoms in total. The van der Waals surface area contributed by atoms with Crippen LogP contribution in [0, 0.1) is 22.7 Å². The number of fused-ring (bicyclic) bond motifs is 4. The van der Waals surface area contributed by atoms with E-state index in [1.807, 2.05) is 48.5 Å². The van der Waals surface area contributed by atoms with Gasteiger partial charge in [0.05, 0.1) is 18.8 Å². The number of alkyl halides is 4. The molecule has 47 heavy (non-hydrogen) atoms. The third-order valence-corrected chi connectivity index (χ3v) is 13.1. The second-order valence-electron chi connectivity index (χ2n) is 16.3. The van der Waals surface area contributed by atoms with Crippen LogP contribution in [0.25, 0.3) is 11.1 Å². The highest BCUT2D eigenvalue weighted by Gasteiger charge is 2.76. The van der Waals surface area contributed by atoms with Crippen molar-refractivity contribution in [3.05, 3.63) is 65.2 Å². The second kappa shape index (κ2) is 10.8. The van der Waals surface area contributed by atoms with Gasteiger partial charge in [0.2, 0.25) is 5.67 Å². The number of allylic oxidation sites excluding steroid dienone is 1. The van der Waals surface area contributed by atoms with Gasteiger partial charge in [0.25, 0.3) is 0 Å². The lowest BCUT2D eigenvalue weighted by Crippen LogP contribution is -2.66. The normalized spacial score (nSPS) is 37.6. The molecule has 1 spiro atoms. The van der Waals surface area contributed by atoms with Crippen LogP contribution < -0.4 is 0 Å². The highest BCUT2D eigenvalue weighted by Crippen LogP contribution is 2.71. The maximum atomic E-state index is 16.1. The molecule has 4 fully saturated rings. The summed E-state index contributed by atoms with van der Waals surface area (Å²) >= 11 is 4.39. The molecule has 256 valence electrons. The van der Waals surface area contributed by atoms with E-state index in [9.17, 15) is 23.4 Å². The van der Waals surface area contributed by atoms with Gasteiger partial charge in [0.15, 0.2) is 5.79 Å². The first-order valence-electron chi connectivity index (χ1n) is 16.9. The second-order valence-corrected chi connectivity index (χ2v) is 16.8. The van der Waals surface area contributed by atoms with Crippen LogP contribution in [0.3, 0.4) is 0 Å². The quantitative estimate of drug-likeness (QED) is 0.173. The molecule has 5 aliphatic rings. The average molecular weight is 675 g/mol. The van der Waals surface area contributed by atoms with Gasteiger partial charge in [0.1, 0.15) is 5.60 Å². The van der Waals surface area contributed by atoms with E-state index < -0.39 is 40.2 Å². The lowest BCUT2D eigenvalue weighted by molar-refractivity contribution is -0.323. The molecule has 5 unspecified atom stereocenters. The Labute approximate surface area is 280 Å². The third kappa shape index (κ3) is 5.07. The van der Waals surface area contributed by atoms with E-state index >= 15 is 4.39 Å². The van der Waals surface area contributed by atoms with Gasteiger partial charge in [0, 0.05) is 34.5 Å². The molecule has 2 aromatic rings. The molecule has 0 radical (unpaired) electrons. The molecule has 7 rings (SSSR count). The predicted octanol–water partition coefficient (Wildman–Crippen LogP) is 8.96. The molecule has 0 aromatic heterocycles. The maximum Gasteiger partial charge on any atom is 0.425 e. The summed E-state index contributed by atoms with van der Waals surface area (Å²) in [6, 6.07) is 15.8. The molecular weight excluding hydrogens is 628 g/mol. The minimum atomic E-state index is -5.23. The Morgan fingerprint density at radius 3 is 2.02 bits per heavy atom. The van der Waals surface area contributed by atoms with E-state index in [0.717, 1.165) is 32.7 Å². The van der Waals surface area contributed by atoms with Gasteiger partial charge in [-0.3, -0.25) is 0 Å². The van der Waals surface area contributed by atoms with Gasteiger partial charge < -0.3 is 19.7 Å². The van der Waals surface area contributed by atoms with Crippen LogP contribution in [0.1, 0.15) is 90.5 Å². The average Bonchev–Trinajstić information content (AvgIpc) is 3.29. The standard InChI is InChI=1S/C38H46F4O4S/c1-32(2)21-45-36(46-22-32)17-14-30-31-27(13-16-35(30,43)20-36)29-15-18-37(44,34(4,39)38(40,41)42)33(29,3)19-28(31)25-7-5-23(6-8-25)24-9-11-26(47)12-10-24/h5-12,27-29,43-44,47H,13-22H2,1-4H3/t27?,28?,29?,33?,34?,35-,37+/m1/s1. The van der Waals surface area contributed by atoms with E-state index in [1.54, 1.807) is 6.92 Å². The summed E-state index contributed by atoms with van der Waals surface area (Å²) in [5.41, 5.74) is -4.13. The van der Waals surface area contributed by atoms with Crippen molar-refractivity contribution in [1.82, 2.24) is 0 Å². The summed E-state index contributed by atoms with van der Waals surface area (Å²) in [6.07, 6.45) is -2.68. The summed E-state index contributed by atoms with van der Waals surface area (Å²) in [6.45, 7) is 7.43. The molecule has 2 N–H and O–H groups in total. The first-order chi connectivity index (χ1) is 21.8. The number of hydrogen-bond donors (Lipinski definition) is 3. The molecule has 0 amide bonds. The highest BCUT2D eigenvalue weighted by molar-refractivity contribution is 7.80. The van der Waals surface area contributed by atoms with Crippen LogP contribution in [0.4, 0.5) is 17.6 Å². The summed E-state index contributed by atoms with van der Waals surface area (Å²) < 4.78 is 71.7. The minimum Gasteiger partial charge on any atom is -0.386 e. The van der Waals surface area contributed by atoms with Gasteiger partial charge in [-0.15, -0.1) is 12.6 Å². The predicted molar refractivity (Wildman–Crippen MR) is 175 cm³/mol. The fourth-order valence-electron chi connectivity index (χ4n) is 10.1. The first-order valence-corrected chi connectivity index (χ1v) is 17.4. The van der Waals surface area contributed by atoms with Crippen LogP contribution in [0.15, 0.2) is 64.6 Å². The Kier molecular flexibility index (Phi) is 7.71. The van der Waals surface area contributed by atoms with Gasteiger partial charge in [-0.1, -0.05) is 62.7 Å². The maximum absolute atomic E-state index is 16.1. The zero-order valence-corrected chi connectivity index (χ0v) is 28.5. The van der Waals surface area contributed by atoms with Crippen molar-refractivity contribution in [2.24, 2.45) is 22.7 Å². The summed E-state index contributed by atoms with van der Waals surface area (Å²) in [4.78, 5) is 0.851. The number of halogens is 4. The van der Waals surface area contributed by atoms with Crippen molar-refractivity contribution >= 4 is 12.6 Å². The van der Waals surface area contributed by atoms with Gasteiger partial charge in [-0.25, -0.2) is 4.39 Å². The van der Waals surface area contributed by atoms with E-state index in [-0.39, 0.29) is 30.1 Å². The van der Waals surface area contributed by atoms with Crippen molar-refractivity contribution < 1.29 is 37.2 Å². The van der Waals surface area contributed by atoms with Crippen LogP contribution in [0.5, 0.6) is 0 Å². The molecule has 4 aliphatic carbocycles. The van der Waals surface area contributed by atoms with Gasteiger partial charge >= 0.3 is 6.18 Å². The number of aliphatic hydroxyl groups is 2. The topological polar surface area (TPSA) is 58.9 Å². The fourth-order valence-corrected chi connectivity index (χ4v) is 10.3. The van der Waals surface area contributed by atoms with Crippen LogP contribution in [0.2, 0.25) is 0 Å².